The van der Waals surface area contributed by atoms with Crippen molar-refractivity contribution in [3.63, 3.8) is 0 Å². The van der Waals surface area contributed by atoms with Crippen LogP contribution in [0.15, 0.2) is 22.7 Å². The smallest absolute Gasteiger partial charge is 0.225 e. The molecule has 0 atom stereocenters. The highest BCUT2D eigenvalue weighted by Gasteiger charge is 2.18. The van der Waals surface area contributed by atoms with Gasteiger partial charge in [0.1, 0.15) is 0 Å². The zero-order chi connectivity index (χ0) is 14.0. The second kappa shape index (κ2) is 5.45. The van der Waals surface area contributed by atoms with E-state index >= 15 is 0 Å². The van der Waals surface area contributed by atoms with E-state index in [1.165, 1.54) is 6.92 Å². The predicted molar refractivity (Wildman–Crippen MR) is 76.2 cm³/mol. The molecule has 2 aromatic rings. The Bertz CT molecular complexity index is 656. The van der Waals surface area contributed by atoms with Crippen LogP contribution in [0, 0.1) is 0 Å². The number of nitrogen functional groups attached to an aromatic ring is 1. The van der Waals surface area contributed by atoms with E-state index in [1.807, 2.05) is 0 Å². The fourth-order valence-electron chi connectivity index (χ4n) is 1.44. The molecule has 0 saturated carbocycles. The highest BCUT2D eigenvalue weighted by Crippen LogP contribution is 2.25. The number of carbonyl (C=O) groups excluding carboxylic acids is 2. The van der Waals surface area contributed by atoms with E-state index in [0.717, 1.165) is 15.8 Å². The van der Waals surface area contributed by atoms with Gasteiger partial charge in [-0.1, -0.05) is 27.3 Å². The van der Waals surface area contributed by atoms with Crippen molar-refractivity contribution in [2.75, 3.05) is 11.1 Å². The molecule has 0 spiro atoms. The number of benzene rings is 1. The van der Waals surface area contributed by atoms with Gasteiger partial charge in [0.25, 0.3) is 0 Å². The Morgan fingerprint density at radius 1 is 1.37 bits per heavy atom. The lowest BCUT2D eigenvalue weighted by atomic mass is 10.1. The van der Waals surface area contributed by atoms with Crippen molar-refractivity contribution >= 4 is 49.8 Å². The molecule has 2 rings (SSSR count). The number of ketones is 1. The average Bonchev–Trinajstić information content (AvgIpc) is 2.77. The minimum Gasteiger partial charge on any atom is -0.374 e. The Labute approximate surface area is 121 Å². The molecule has 0 aliphatic carbocycles. The summed E-state index contributed by atoms with van der Waals surface area (Å²) in [4.78, 5) is 23.4. The molecule has 1 amide bonds. The SMILES string of the molecule is CC(=O)Nc1ccc(Br)cc1C(=O)c1nnc(N)s1. The van der Waals surface area contributed by atoms with Crippen molar-refractivity contribution in [3.05, 3.63) is 33.2 Å². The summed E-state index contributed by atoms with van der Waals surface area (Å²) in [7, 11) is 0. The van der Waals surface area contributed by atoms with E-state index in [9.17, 15) is 9.59 Å². The lowest BCUT2D eigenvalue weighted by molar-refractivity contribution is -0.114. The number of nitrogens with one attached hydrogen (secondary N) is 1. The Hall–Kier alpha value is -1.80. The predicted octanol–water partition coefficient (Wildman–Crippen LogP) is 2.07. The van der Waals surface area contributed by atoms with Crippen LogP contribution in [0.25, 0.3) is 0 Å². The van der Waals surface area contributed by atoms with Gasteiger partial charge in [0.05, 0.1) is 5.69 Å². The fourth-order valence-corrected chi connectivity index (χ4v) is 2.37. The molecule has 0 unspecified atom stereocenters. The third kappa shape index (κ3) is 3.15. The summed E-state index contributed by atoms with van der Waals surface area (Å²) >= 11 is 4.29. The molecular weight excluding hydrogens is 332 g/mol. The standard InChI is InChI=1S/C11H9BrN4O2S/c1-5(17)14-8-3-2-6(12)4-7(8)9(18)10-15-16-11(13)19-10/h2-4H,1H3,(H2,13,16)(H,14,17). The second-order valence-electron chi connectivity index (χ2n) is 3.65. The molecule has 0 fully saturated rings. The van der Waals surface area contributed by atoms with E-state index in [2.05, 4.69) is 31.4 Å². The van der Waals surface area contributed by atoms with Crippen LogP contribution in [0.3, 0.4) is 0 Å². The quantitative estimate of drug-likeness (QED) is 0.833. The second-order valence-corrected chi connectivity index (χ2v) is 5.57. The Morgan fingerprint density at radius 3 is 2.68 bits per heavy atom. The van der Waals surface area contributed by atoms with Gasteiger partial charge in [-0.3, -0.25) is 9.59 Å². The van der Waals surface area contributed by atoms with Crippen LogP contribution >= 0.6 is 27.3 Å². The first-order valence-corrected chi connectivity index (χ1v) is 6.79. The minimum absolute atomic E-state index is 0.183. The van der Waals surface area contributed by atoms with Crippen molar-refractivity contribution < 1.29 is 9.59 Å². The minimum atomic E-state index is -0.334. The van der Waals surface area contributed by atoms with Gasteiger partial charge in [-0.2, -0.15) is 0 Å². The average molecular weight is 341 g/mol. The Balaban J connectivity index is 2.45. The highest BCUT2D eigenvalue weighted by molar-refractivity contribution is 9.10. The number of carbonyl (C=O) groups is 2. The van der Waals surface area contributed by atoms with Crippen molar-refractivity contribution in [1.82, 2.24) is 10.2 Å². The Kier molecular flexibility index (Phi) is 3.91. The van der Waals surface area contributed by atoms with Crippen LogP contribution in [0.2, 0.25) is 0 Å². The molecular formula is C11H9BrN4O2S. The number of amides is 1. The number of nitrogens with two attached hydrogens (primary N) is 1. The summed E-state index contributed by atoms with van der Waals surface area (Å²) in [6.07, 6.45) is 0. The van der Waals surface area contributed by atoms with E-state index in [-0.39, 0.29) is 21.8 Å². The van der Waals surface area contributed by atoms with Crippen molar-refractivity contribution in [1.29, 1.82) is 0 Å². The molecule has 0 saturated heterocycles. The third-order valence-corrected chi connectivity index (χ3v) is 3.42. The van der Waals surface area contributed by atoms with Gasteiger partial charge >= 0.3 is 0 Å². The maximum atomic E-state index is 12.3. The number of halogens is 1. The summed E-state index contributed by atoms with van der Waals surface area (Å²) < 4.78 is 0.724. The molecule has 1 heterocycles. The summed E-state index contributed by atoms with van der Waals surface area (Å²) in [6.45, 7) is 1.37. The van der Waals surface area contributed by atoms with E-state index in [0.29, 0.717) is 11.3 Å². The van der Waals surface area contributed by atoms with Crippen LogP contribution < -0.4 is 11.1 Å². The number of hydrogen-bond acceptors (Lipinski definition) is 6. The fraction of sp³-hybridized carbons (Fsp3) is 0.0909. The normalized spacial score (nSPS) is 10.2. The molecule has 1 aromatic carbocycles. The molecule has 0 radical (unpaired) electrons. The lowest BCUT2D eigenvalue weighted by Crippen LogP contribution is -2.11. The molecule has 0 aliphatic rings. The summed E-state index contributed by atoms with van der Waals surface area (Å²) in [5, 5.41) is 10.3. The summed E-state index contributed by atoms with van der Waals surface area (Å²) in [5.74, 6) is -0.590. The van der Waals surface area contributed by atoms with Crippen LogP contribution in [0.5, 0.6) is 0 Å². The van der Waals surface area contributed by atoms with Crippen LogP contribution in [-0.4, -0.2) is 21.9 Å². The zero-order valence-electron chi connectivity index (χ0n) is 9.81. The van der Waals surface area contributed by atoms with Gasteiger partial charge in [-0.25, -0.2) is 0 Å². The summed E-state index contributed by atoms with van der Waals surface area (Å²) in [5.41, 5.74) is 6.22. The molecule has 8 heteroatoms. The Morgan fingerprint density at radius 2 is 2.11 bits per heavy atom. The molecule has 0 aliphatic heterocycles. The van der Waals surface area contributed by atoms with Crippen LogP contribution in [0.4, 0.5) is 10.8 Å². The van der Waals surface area contributed by atoms with Crippen molar-refractivity contribution in [2.45, 2.75) is 6.92 Å². The van der Waals surface area contributed by atoms with E-state index in [1.54, 1.807) is 18.2 Å². The number of nitrogens with zero attached hydrogens (tertiary/aromatic N) is 2. The maximum absolute atomic E-state index is 12.3. The number of aromatic nitrogens is 2. The number of rotatable bonds is 3. The molecule has 3 N–H and O–H groups in total. The van der Waals surface area contributed by atoms with Gasteiger partial charge in [-0.05, 0) is 18.2 Å². The van der Waals surface area contributed by atoms with Gasteiger partial charge in [0.15, 0.2) is 5.01 Å². The van der Waals surface area contributed by atoms with Crippen LogP contribution in [0.1, 0.15) is 22.3 Å². The van der Waals surface area contributed by atoms with E-state index in [4.69, 9.17) is 5.73 Å². The first-order valence-electron chi connectivity index (χ1n) is 5.18. The van der Waals surface area contributed by atoms with Gasteiger partial charge in [0.2, 0.25) is 16.8 Å². The first-order chi connectivity index (χ1) is 8.97. The van der Waals surface area contributed by atoms with Gasteiger partial charge in [-0.15, -0.1) is 10.2 Å². The monoisotopic (exact) mass is 340 g/mol. The molecule has 6 nitrogen and oxygen atoms in total. The number of hydrogen-bond donors (Lipinski definition) is 2. The van der Waals surface area contributed by atoms with Crippen molar-refractivity contribution in [3.8, 4) is 0 Å². The topological polar surface area (TPSA) is 98.0 Å². The maximum Gasteiger partial charge on any atom is 0.225 e. The molecule has 19 heavy (non-hydrogen) atoms. The molecule has 98 valence electrons. The molecule has 0 bridgehead atoms. The largest absolute Gasteiger partial charge is 0.374 e. The highest BCUT2D eigenvalue weighted by atomic mass is 79.9. The van der Waals surface area contributed by atoms with Gasteiger partial charge in [0, 0.05) is 17.0 Å². The lowest BCUT2D eigenvalue weighted by Gasteiger charge is -2.08. The van der Waals surface area contributed by atoms with Crippen LogP contribution in [-0.2, 0) is 4.79 Å². The van der Waals surface area contributed by atoms with Gasteiger partial charge < -0.3 is 11.1 Å². The first kappa shape index (κ1) is 13.6. The molecule has 1 aromatic heterocycles. The third-order valence-electron chi connectivity index (χ3n) is 2.17. The van der Waals surface area contributed by atoms with Crippen molar-refractivity contribution in [2.24, 2.45) is 0 Å². The number of anilines is 2. The zero-order valence-corrected chi connectivity index (χ0v) is 12.2. The van der Waals surface area contributed by atoms with E-state index < -0.39 is 0 Å². The summed E-state index contributed by atoms with van der Waals surface area (Å²) in [6, 6.07) is 4.99.